The van der Waals surface area contributed by atoms with Crippen molar-refractivity contribution in [1.29, 1.82) is 0 Å². The van der Waals surface area contributed by atoms with Gasteiger partial charge in [0.2, 0.25) is 0 Å². The summed E-state index contributed by atoms with van der Waals surface area (Å²) in [6.07, 6.45) is 2.25. The van der Waals surface area contributed by atoms with Crippen LogP contribution in [0.4, 0.5) is 4.39 Å². The molecule has 1 aliphatic rings. The van der Waals surface area contributed by atoms with E-state index in [4.69, 9.17) is 14.2 Å². The van der Waals surface area contributed by atoms with Gasteiger partial charge in [-0.15, -0.1) is 0 Å². The minimum atomic E-state index is -0.293. The quantitative estimate of drug-likeness (QED) is 0.763. The summed E-state index contributed by atoms with van der Waals surface area (Å²) in [4.78, 5) is 7.63. The summed E-state index contributed by atoms with van der Waals surface area (Å²) in [6, 6.07) is 10.1. The van der Waals surface area contributed by atoms with Crippen LogP contribution in [0.1, 0.15) is 12.8 Å². The van der Waals surface area contributed by atoms with Gasteiger partial charge in [0.15, 0.2) is 11.5 Å². The number of aromatic nitrogens is 2. The lowest BCUT2D eigenvalue weighted by molar-refractivity contribution is 0.0670. The summed E-state index contributed by atoms with van der Waals surface area (Å²) in [5.74, 6) is 1.66. The number of fused-ring (bicyclic) bond motifs is 1. The molecule has 0 radical (unpaired) electrons. The number of nitrogens with zero attached hydrogens (tertiary/aromatic N) is 1. The van der Waals surface area contributed by atoms with Gasteiger partial charge in [-0.25, -0.2) is 9.37 Å². The van der Waals surface area contributed by atoms with Crippen LogP contribution in [-0.4, -0.2) is 36.4 Å². The van der Waals surface area contributed by atoms with Crippen LogP contribution >= 0.6 is 0 Å². The molecular weight excluding hydrogens is 323 g/mol. The SMILES string of the molecule is COc1cc(-c2nc3ccc(F)cc3[nH]2)ccc1OCC1CCCO1. The Balaban J connectivity index is 1.58. The van der Waals surface area contributed by atoms with Crippen molar-refractivity contribution >= 4 is 11.0 Å². The average Bonchev–Trinajstić information content (AvgIpc) is 3.28. The van der Waals surface area contributed by atoms with Crippen molar-refractivity contribution in [3.63, 3.8) is 0 Å². The number of aromatic amines is 1. The molecule has 1 aromatic heterocycles. The van der Waals surface area contributed by atoms with Gasteiger partial charge in [-0.05, 0) is 49.2 Å². The first-order valence-electron chi connectivity index (χ1n) is 8.31. The number of rotatable bonds is 5. The molecule has 25 heavy (non-hydrogen) atoms. The second-order valence-corrected chi connectivity index (χ2v) is 6.06. The third-order valence-corrected chi connectivity index (χ3v) is 4.33. The van der Waals surface area contributed by atoms with E-state index in [9.17, 15) is 4.39 Å². The van der Waals surface area contributed by atoms with Crippen molar-refractivity contribution in [3.05, 3.63) is 42.2 Å². The Bertz CT molecular complexity index is 888. The van der Waals surface area contributed by atoms with Crippen LogP contribution in [0.15, 0.2) is 36.4 Å². The van der Waals surface area contributed by atoms with Gasteiger partial charge in [0.1, 0.15) is 18.2 Å². The third-order valence-electron chi connectivity index (χ3n) is 4.33. The van der Waals surface area contributed by atoms with E-state index in [-0.39, 0.29) is 11.9 Å². The molecule has 3 aromatic rings. The van der Waals surface area contributed by atoms with E-state index in [1.807, 2.05) is 18.2 Å². The Morgan fingerprint density at radius 2 is 2.16 bits per heavy atom. The number of hydrogen-bond donors (Lipinski definition) is 1. The number of ether oxygens (including phenoxy) is 3. The first-order valence-corrected chi connectivity index (χ1v) is 8.31. The zero-order chi connectivity index (χ0) is 17.2. The van der Waals surface area contributed by atoms with Gasteiger partial charge in [0, 0.05) is 12.2 Å². The second kappa shape index (κ2) is 6.72. The average molecular weight is 342 g/mol. The zero-order valence-corrected chi connectivity index (χ0v) is 13.9. The lowest BCUT2D eigenvalue weighted by Crippen LogP contribution is -2.16. The lowest BCUT2D eigenvalue weighted by Gasteiger charge is -2.14. The summed E-state index contributed by atoms with van der Waals surface area (Å²) in [5, 5.41) is 0. The Morgan fingerprint density at radius 1 is 1.24 bits per heavy atom. The van der Waals surface area contributed by atoms with Gasteiger partial charge in [0.25, 0.3) is 0 Å². The molecule has 4 rings (SSSR count). The van der Waals surface area contributed by atoms with E-state index in [0.29, 0.717) is 35.0 Å². The van der Waals surface area contributed by atoms with Crippen LogP contribution in [0.5, 0.6) is 11.5 Å². The second-order valence-electron chi connectivity index (χ2n) is 6.06. The van der Waals surface area contributed by atoms with E-state index in [2.05, 4.69) is 9.97 Å². The number of halogens is 1. The fourth-order valence-electron chi connectivity index (χ4n) is 3.01. The third kappa shape index (κ3) is 3.30. The molecule has 0 aliphatic carbocycles. The van der Waals surface area contributed by atoms with Crippen LogP contribution in [0.2, 0.25) is 0 Å². The summed E-state index contributed by atoms with van der Waals surface area (Å²) < 4.78 is 30.2. The standard InChI is InChI=1S/C19H19FN2O3/c1-23-18-9-12(4-7-17(18)25-11-14-3-2-8-24-14)19-21-15-6-5-13(20)10-16(15)22-19/h4-7,9-10,14H,2-3,8,11H2,1H3,(H,21,22). The largest absolute Gasteiger partial charge is 0.493 e. The van der Waals surface area contributed by atoms with E-state index in [0.717, 1.165) is 25.0 Å². The monoisotopic (exact) mass is 342 g/mol. The summed E-state index contributed by atoms with van der Waals surface area (Å²) in [5.41, 5.74) is 2.22. The summed E-state index contributed by atoms with van der Waals surface area (Å²) in [7, 11) is 1.60. The highest BCUT2D eigenvalue weighted by molar-refractivity contribution is 5.79. The smallest absolute Gasteiger partial charge is 0.161 e. The number of H-pyrrole nitrogens is 1. The fraction of sp³-hybridized carbons (Fsp3) is 0.316. The summed E-state index contributed by atoms with van der Waals surface area (Å²) in [6.45, 7) is 1.32. The predicted octanol–water partition coefficient (Wildman–Crippen LogP) is 3.94. The molecule has 0 amide bonds. The minimum Gasteiger partial charge on any atom is -0.493 e. The zero-order valence-electron chi connectivity index (χ0n) is 13.9. The van der Waals surface area contributed by atoms with Crippen LogP contribution in [-0.2, 0) is 4.74 Å². The number of nitrogens with one attached hydrogen (secondary N) is 1. The normalized spacial score (nSPS) is 17.1. The number of hydrogen-bond acceptors (Lipinski definition) is 4. The molecule has 1 unspecified atom stereocenters. The van der Waals surface area contributed by atoms with Gasteiger partial charge in [-0.2, -0.15) is 0 Å². The van der Waals surface area contributed by atoms with E-state index in [1.54, 1.807) is 13.2 Å². The molecule has 0 spiro atoms. The highest BCUT2D eigenvalue weighted by atomic mass is 19.1. The Kier molecular flexibility index (Phi) is 4.28. The molecule has 0 saturated carbocycles. The lowest BCUT2D eigenvalue weighted by atomic mass is 10.2. The Hall–Kier alpha value is -2.60. The van der Waals surface area contributed by atoms with Crippen LogP contribution in [0.3, 0.4) is 0 Å². The molecule has 1 saturated heterocycles. The number of methoxy groups -OCH3 is 1. The van der Waals surface area contributed by atoms with Crippen LogP contribution in [0.25, 0.3) is 22.4 Å². The van der Waals surface area contributed by atoms with E-state index >= 15 is 0 Å². The predicted molar refractivity (Wildman–Crippen MR) is 92.5 cm³/mol. The maximum Gasteiger partial charge on any atom is 0.161 e. The van der Waals surface area contributed by atoms with E-state index < -0.39 is 0 Å². The summed E-state index contributed by atoms with van der Waals surface area (Å²) >= 11 is 0. The maximum atomic E-state index is 13.3. The van der Waals surface area contributed by atoms with Crippen molar-refractivity contribution in [1.82, 2.24) is 9.97 Å². The van der Waals surface area contributed by atoms with Crippen molar-refractivity contribution in [2.75, 3.05) is 20.3 Å². The Labute approximate surface area is 144 Å². The molecule has 130 valence electrons. The number of imidazole rings is 1. The van der Waals surface area contributed by atoms with Gasteiger partial charge in [0.05, 0.1) is 24.2 Å². The molecule has 0 bridgehead atoms. The molecule has 2 heterocycles. The minimum absolute atomic E-state index is 0.148. The highest BCUT2D eigenvalue weighted by Crippen LogP contribution is 2.32. The molecule has 1 atom stereocenters. The van der Waals surface area contributed by atoms with Gasteiger partial charge in [-0.1, -0.05) is 0 Å². The molecule has 5 nitrogen and oxygen atoms in total. The van der Waals surface area contributed by atoms with Crippen LogP contribution in [0, 0.1) is 5.82 Å². The number of benzene rings is 2. The van der Waals surface area contributed by atoms with Crippen molar-refractivity contribution in [3.8, 4) is 22.9 Å². The molecule has 1 fully saturated rings. The first kappa shape index (κ1) is 15.9. The van der Waals surface area contributed by atoms with Crippen molar-refractivity contribution < 1.29 is 18.6 Å². The first-order chi connectivity index (χ1) is 12.2. The molecule has 1 N–H and O–H groups in total. The Morgan fingerprint density at radius 3 is 2.96 bits per heavy atom. The van der Waals surface area contributed by atoms with Gasteiger partial charge >= 0.3 is 0 Å². The van der Waals surface area contributed by atoms with Crippen molar-refractivity contribution in [2.45, 2.75) is 18.9 Å². The van der Waals surface area contributed by atoms with Crippen LogP contribution < -0.4 is 9.47 Å². The van der Waals surface area contributed by atoms with E-state index in [1.165, 1.54) is 12.1 Å². The maximum absolute atomic E-state index is 13.3. The fourth-order valence-corrected chi connectivity index (χ4v) is 3.01. The van der Waals surface area contributed by atoms with Gasteiger partial charge in [-0.3, -0.25) is 0 Å². The molecule has 6 heteroatoms. The highest BCUT2D eigenvalue weighted by Gasteiger charge is 2.17. The topological polar surface area (TPSA) is 56.4 Å². The molecular formula is C19H19FN2O3. The van der Waals surface area contributed by atoms with Gasteiger partial charge < -0.3 is 19.2 Å². The molecule has 1 aliphatic heterocycles. The van der Waals surface area contributed by atoms with Crippen molar-refractivity contribution in [2.24, 2.45) is 0 Å². The molecule has 2 aromatic carbocycles.